The van der Waals surface area contributed by atoms with Gasteiger partial charge >= 0.3 is 0 Å². The van der Waals surface area contributed by atoms with E-state index < -0.39 is 0 Å². The predicted molar refractivity (Wildman–Crippen MR) is 61.0 cm³/mol. The fourth-order valence-corrected chi connectivity index (χ4v) is 1.72. The number of aryl methyl sites for hydroxylation is 1. The molecule has 0 saturated carbocycles. The number of aromatic nitrogens is 4. The number of hydrogen-bond acceptors (Lipinski definition) is 3. The molecule has 0 atom stereocenters. The highest BCUT2D eigenvalue weighted by atomic mass is 15.0. The minimum Gasteiger partial charge on any atom is -0.304 e. The van der Waals surface area contributed by atoms with Gasteiger partial charge in [0.05, 0.1) is 7.06 Å². The van der Waals surface area contributed by atoms with Gasteiger partial charge in [-0.05, 0) is 25.1 Å². The van der Waals surface area contributed by atoms with E-state index in [0.29, 0.717) is 11.9 Å². The standard InChI is InChI=1S/C12H10N4/c1-9-11(12-13-6-4-7-14-12)15-10-5-2-3-8-16(9)10/h2-8H,1H3/i4T. The molecule has 0 aromatic carbocycles. The van der Waals surface area contributed by atoms with Crippen LogP contribution in [0, 0.1) is 6.92 Å². The second kappa shape index (κ2) is 3.41. The molecule has 0 fully saturated rings. The average molecular weight is 212 g/mol. The van der Waals surface area contributed by atoms with E-state index in [0.717, 1.165) is 17.0 Å². The van der Waals surface area contributed by atoms with E-state index in [4.69, 9.17) is 1.37 Å². The monoisotopic (exact) mass is 212 g/mol. The normalized spacial score (nSPS) is 11.7. The molecule has 3 aromatic rings. The second-order valence-electron chi connectivity index (χ2n) is 3.48. The summed E-state index contributed by atoms with van der Waals surface area (Å²) in [5, 5.41) is 0. The molecule has 3 heterocycles. The molecule has 0 aliphatic rings. The minimum atomic E-state index is 0.301. The second-order valence-corrected chi connectivity index (χ2v) is 3.48. The van der Waals surface area contributed by atoms with Crippen LogP contribution in [0.4, 0.5) is 0 Å². The van der Waals surface area contributed by atoms with Crippen molar-refractivity contribution < 1.29 is 1.37 Å². The summed E-state index contributed by atoms with van der Waals surface area (Å²) in [5.74, 6) is 0.558. The van der Waals surface area contributed by atoms with Crippen LogP contribution in [0.2, 0.25) is 0 Å². The van der Waals surface area contributed by atoms with Gasteiger partial charge in [-0.1, -0.05) is 6.07 Å². The summed E-state index contributed by atoms with van der Waals surface area (Å²) in [7, 11) is 0. The fourth-order valence-electron chi connectivity index (χ4n) is 1.72. The highest BCUT2D eigenvalue weighted by Crippen LogP contribution is 2.19. The number of nitrogens with zero attached hydrogens (tertiary/aromatic N) is 4. The third-order valence-corrected chi connectivity index (χ3v) is 2.50. The first-order valence-corrected chi connectivity index (χ1v) is 4.98. The van der Waals surface area contributed by atoms with Crippen LogP contribution >= 0.6 is 0 Å². The van der Waals surface area contributed by atoms with E-state index in [9.17, 15) is 0 Å². The van der Waals surface area contributed by atoms with Crippen molar-refractivity contribution in [2.75, 3.05) is 0 Å². The lowest BCUT2D eigenvalue weighted by atomic mass is 10.3. The summed E-state index contributed by atoms with van der Waals surface area (Å²) < 4.78 is 9.36. The summed E-state index contributed by atoms with van der Waals surface area (Å²) in [4.78, 5) is 12.7. The first-order valence-electron chi connectivity index (χ1n) is 5.48. The van der Waals surface area contributed by atoms with Gasteiger partial charge in [-0.25, -0.2) is 15.0 Å². The Balaban J connectivity index is 2.24. The Morgan fingerprint density at radius 2 is 2.06 bits per heavy atom. The molecule has 0 spiro atoms. The van der Waals surface area contributed by atoms with Gasteiger partial charge in [-0.15, -0.1) is 0 Å². The molecular weight excluding hydrogens is 200 g/mol. The Bertz CT molecular complexity index is 673. The molecule has 0 N–H and O–H groups in total. The Morgan fingerprint density at radius 3 is 2.81 bits per heavy atom. The van der Waals surface area contributed by atoms with Crippen molar-refractivity contribution in [3.63, 3.8) is 0 Å². The van der Waals surface area contributed by atoms with E-state index in [1.54, 1.807) is 0 Å². The molecule has 78 valence electrons. The summed E-state index contributed by atoms with van der Waals surface area (Å²) in [6.45, 7) is 1.98. The van der Waals surface area contributed by atoms with Crippen molar-refractivity contribution in [1.29, 1.82) is 0 Å². The van der Waals surface area contributed by atoms with E-state index in [2.05, 4.69) is 15.0 Å². The topological polar surface area (TPSA) is 43.1 Å². The molecule has 0 aliphatic heterocycles. The predicted octanol–water partition coefficient (Wildman–Crippen LogP) is 2.10. The third-order valence-electron chi connectivity index (χ3n) is 2.50. The molecule has 0 radical (unpaired) electrons. The fraction of sp³-hybridized carbons (Fsp3) is 0.0833. The van der Waals surface area contributed by atoms with Crippen molar-refractivity contribution in [3.05, 3.63) is 48.5 Å². The molecule has 3 aromatic heterocycles. The van der Waals surface area contributed by atoms with Crippen molar-refractivity contribution in [2.45, 2.75) is 6.92 Å². The van der Waals surface area contributed by atoms with E-state index in [-0.39, 0.29) is 0 Å². The van der Waals surface area contributed by atoms with Gasteiger partial charge in [0.15, 0.2) is 5.82 Å². The quantitative estimate of drug-likeness (QED) is 0.620. The lowest BCUT2D eigenvalue weighted by molar-refractivity contribution is 1.10. The first-order chi connectivity index (χ1) is 8.25. The average Bonchev–Trinajstić information content (AvgIpc) is 2.69. The molecule has 0 aliphatic carbocycles. The van der Waals surface area contributed by atoms with Crippen molar-refractivity contribution in [2.24, 2.45) is 0 Å². The molecule has 0 saturated heterocycles. The van der Waals surface area contributed by atoms with Crippen LogP contribution in [-0.2, 0) is 0 Å². The van der Waals surface area contributed by atoms with Crippen LogP contribution in [0.15, 0.2) is 42.8 Å². The van der Waals surface area contributed by atoms with E-state index >= 15 is 0 Å². The molecule has 4 heteroatoms. The maximum Gasteiger partial charge on any atom is 0.180 e. The van der Waals surface area contributed by atoms with Crippen LogP contribution < -0.4 is 0 Å². The number of fused-ring (bicyclic) bond motifs is 1. The van der Waals surface area contributed by atoms with Gasteiger partial charge in [0.2, 0.25) is 0 Å². The van der Waals surface area contributed by atoms with Crippen molar-refractivity contribution in [3.8, 4) is 11.5 Å². The van der Waals surface area contributed by atoms with Crippen LogP contribution in [0.25, 0.3) is 17.2 Å². The minimum absolute atomic E-state index is 0.301. The first kappa shape index (κ1) is 7.98. The summed E-state index contributed by atoms with van der Waals surface area (Å²) in [6.07, 6.45) is 4.91. The Kier molecular flexibility index (Phi) is 1.70. The van der Waals surface area contributed by atoms with Crippen molar-refractivity contribution in [1.82, 2.24) is 19.4 Å². The van der Waals surface area contributed by atoms with Crippen molar-refractivity contribution >= 4 is 5.65 Å². The Hall–Kier alpha value is -2.23. The molecule has 3 rings (SSSR count). The maximum atomic E-state index is 7.36. The summed E-state index contributed by atoms with van der Waals surface area (Å²) in [6, 6.07) is 6.14. The van der Waals surface area contributed by atoms with Gasteiger partial charge in [-0.2, -0.15) is 0 Å². The van der Waals surface area contributed by atoms with Gasteiger partial charge in [0.1, 0.15) is 11.3 Å². The largest absolute Gasteiger partial charge is 0.304 e. The zero-order chi connectivity index (χ0) is 11.8. The SMILES string of the molecule is [3H]c1cnc(-c2nc3ccccn3c2C)nc1. The van der Waals surface area contributed by atoms with Crippen LogP contribution in [0.5, 0.6) is 0 Å². The zero-order valence-corrected chi connectivity index (χ0v) is 8.75. The van der Waals surface area contributed by atoms with E-state index in [1.165, 1.54) is 12.4 Å². The Labute approximate surface area is 94.0 Å². The number of pyridine rings is 1. The molecule has 0 bridgehead atoms. The lowest BCUT2D eigenvalue weighted by Gasteiger charge is -1.96. The zero-order valence-electron chi connectivity index (χ0n) is 9.75. The Morgan fingerprint density at radius 1 is 1.25 bits per heavy atom. The van der Waals surface area contributed by atoms with Crippen LogP contribution in [0.1, 0.15) is 7.06 Å². The molecule has 16 heavy (non-hydrogen) atoms. The van der Waals surface area contributed by atoms with Gasteiger partial charge in [-0.3, -0.25) is 0 Å². The number of imidazole rings is 1. The van der Waals surface area contributed by atoms with Gasteiger partial charge in [0.25, 0.3) is 0 Å². The molecule has 4 nitrogen and oxygen atoms in total. The van der Waals surface area contributed by atoms with Crippen LogP contribution in [0.3, 0.4) is 0 Å². The van der Waals surface area contributed by atoms with E-state index in [1.807, 2.05) is 35.7 Å². The summed E-state index contributed by atoms with van der Waals surface area (Å²) >= 11 is 0. The molecule has 0 amide bonds. The number of rotatable bonds is 1. The maximum absolute atomic E-state index is 7.36. The third kappa shape index (κ3) is 1.27. The highest BCUT2D eigenvalue weighted by molar-refractivity contribution is 5.59. The van der Waals surface area contributed by atoms with Crippen LogP contribution in [-0.4, -0.2) is 19.4 Å². The number of hydrogen-bond donors (Lipinski definition) is 0. The molecule has 0 unspecified atom stereocenters. The lowest BCUT2D eigenvalue weighted by Crippen LogP contribution is -1.90. The van der Waals surface area contributed by atoms with Gasteiger partial charge in [0, 0.05) is 18.6 Å². The van der Waals surface area contributed by atoms with Gasteiger partial charge < -0.3 is 4.40 Å². The molecular formula is C12H10N4. The highest BCUT2D eigenvalue weighted by Gasteiger charge is 2.11. The summed E-state index contributed by atoms with van der Waals surface area (Å²) in [5.41, 5.74) is 2.63. The smallest absolute Gasteiger partial charge is 0.180 e.